The molecule has 6 heteroatoms. The number of carbonyl (C=O) groups excluding carboxylic acids is 1. The third-order valence-electron chi connectivity index (χ3n) is 3.16. The van der Waals surface area contributed by atoms with Crippen LogP contribution in [0.3, 0.4) is 0 Å². The molecule has 1 aliphatic rings. The summed E-state index contributed by atoms with van der Waals surface area (Å²) in [5.74, 6) is -0.341. The molecule has 82 valence electrons. The van der Waals surface area contributed by atoms with Gasteiger partial charge in [0.05, 0.1) is 5.41 Å². The second-order valence-electron chi connectivity index (χ2n) is 4.20. The number of amides is 1. The van der Waals surface area contributed by atoms with Crippen LogP contribution in [0.5, 0.6) is 0 Å². The number of aromatic nitrogens is 2. The molecule has 2 atom stereocenters. The molecule has 2 rings (SSSR count). The van der Waals surface area contributed by atoms with Gasteiger partial charge in [0.1, 0.15) is 0 Å². The zero-order valence-electron chi connectivity index (χ0n) is 8.56. The Labute approximate surface area is 87.0 Å². The van der Waals surface area contributed by atoms with Crippen molar-refractivity contribution >= 4 is 5.91 Å². The Morgan fingerprint density at radius 2 is 2.40 bits per heavy atom. The highest BCUT2D eigenvalue weighted by molar-refractivity contribution is 5.88. The molecule has 0 bridgehead atoms. The lowest BCUT2D eigenvalue weighted by Gasteiger charge is -2.23. The highest BCUT2D eigenvalue weighted by atomic mass is 16.5. The van der Waals surface area contributed by atoms with Crippen LogP contribution in [0.1, 0.15) is 42.7 Å². The lowest BCUT2D eigenvalue weighted by atomic mass is 9.85. The second-order valence-corrected chi connectivity index (χ2v) is 4.20. The molecule has 0 saturated heterocycles. The number of nitrogens with two attached hydrogens (primary N) is 2. The highest BCUT2D eigenvalue weighted by Gasteiger charge is 2.42. The summed E-state index contributed by atoms with van der Waals surface area (Å²) in [5.41, 5.74) is 10.7. The largest absolute Gasteiger partial charge is 0.363 e. The van der Waals surface area contributed by atoms with Crippen LogP contribution >= 0.6 is 0 Å². The van der Waals surface area contributed by atoms with Gasteiger partial charge in [-0.25, -0.2) is 0 Å². The van der Waals surface area contributed by atoms with Gasteiger partial charge in [-0.05, 0) is 19.8 Å². The van der Waals surface area contributed by atoms with Crippen molar-refractivity contribution in [2.45, 2.75) is 37.6 Å². The summed E-state index contributed by atoms with van der Waals surface area (Å²) in [5, 5.41) is 3.52. The van der Waals surface area contributed by atoms with Gasteiger partial charge in [0.2, 0.25) is 5.89 Å². The van der Waals surface area contributed by atoms with Crippen molar-refractivity contribution in [2.24, 2.45) is 11.5 Å². The maximum Gasteiger partial charge on any atom is 0.290 e. The van der Waals surface area contributed by atoms with E-state index in [-0.39, 0.29) is 17.3 Å². The molecule has 4 N–H and O–H groups in total. The van der Waals surface area contributed by atoms with E-state index in [2.05, 4.69) is 10.1 Å². The Morgan fingerprint density at radius 1 is 1.67 bits per heavy atom. The molecule has 1 aromatic heterocycles. The molecule has 0 aliphatic heterocycles. The molecular formula is C9H14N4O2. The molecule has 0 aromatic carbocycles. The molecule has 1 amide bonds. The van der Waals surface area contributed by atoms with Crippen LogP contribution in [0.2, 0.25) is 0 Å². The minimum atomic E-state index is -0.680. The number of primary amides is 1. The van der Waals surface area contributed by atoms with Crippen molar-refractivity contribution in [3.8, 4) is 0 Å². The number of rotatable bonds is 2. The fraction of sp³-hybridized carbons (Fsp3) is 0.667. The lowest BCUT2D eigenvalue weighted by Crippen LogP contribution is -2.38. The molecule has 1 fully saturated rings. The second kappa shape index (κ2) is 3.30. The third kappa shape index (κ3) is 1.50. The van der Waals surface area contributed by atoms with Gasteiger partial charge in [0, 0.05) is 6.04 Å². The van der Waals surface area contributed by atoms with Crippen molar-refractivity contribution in [3.05, 3.63) is 11.7 Å². The molecule has 1 aliphatic carbocycles. The Kier molecular flexibility index (Phi) is 2.22. The van der Waals surface area contributed by atoms with Crippen molar-refractivity contribution in [1.82, 2.24) is 10.1 Å². The number of hydrogen-bond donors (Lipinski definition) is 2. The Balaban J connectivity index is 2.32. The van der Waals surface area contributed by atoms with Crippen molar-refractivity contribution in [2.75, 3.05) is 0 Å². The molecule has 2 unspecified atom stereocenters. The number of carbonyl (C=O) groups is 1. The van der Waals surface area contributed by atoms with E-state index in [0.717, 1.165) is 19.3 Å². The standard InChI is InChI=1S/C9H14N4O2/c1-9(4-2-3-5(9)10)8-12-7(6(11)14)13-15-8/h5H,2-4,10H2,1H3,(H2,11,14). The number of nitrogens with zero attached hydrogens (tertiary/aromatic N) is 2. The predicted molar refractivity (Wildman–Crippen MR) is 52.0 cm³/mol. The van der Waals surface area contributed by atoms with E-state index in [0.29, 0.717) is 5.89 Å². The highest BCUT2D eigenvalue weighted by Crippen LogP contribution is 2.38. The molecule has 0 spiro atoms. The van der Waals surface area contributed by atoms with Crippen LogP contribution in [-0.2, 0) is 5.41 Å². The maximum absolute atomic E-state index is 10.8. The van der Waals surface area contributed by atoms with Gasteiger partial charge < -0.3 is 16.0 Å². The van der Waals surface area contributed by atoms with E-state index in [1.54, 1.807) is 0 Å². The topological polar surface area (TPSA) is 108 Å². The van der Waals surface area contributed by atoms with Crippen molar-refractivity contribution < 1.29 is 9.32 Å². The Morgan fingerprint density at radius 3 is 2.87 bits per heavy atom. The van der Waals surface area contributed by atoms with E-state index < -0.39 is 5.91 Å². The molecule has 6 nitrogen and oxygen atoms in total. The fourth-order valence-corrected chi connectivity index (χ4v) is 2.01. The fourth-order valence-electron chi connectivity index (χ4n) is 2.01. The van der Waals surface area contributed by atoms with Crippen LogP contribution in [0.25, 0.3) is 0 Å². The van der Waals surface area contributed by atoms with Crippen molar-refractivity contribution in [3.63, 3.8) is 0 Å². The van der Waals surface area contributed by atoms with Gasteiger partial charge in [-0.15, -0.1) is 0 Å². The monoisotopic (exact) mass is 210 g/mol. The SMILES string of the molecule is CC1(c2nc(C(N)=O)no2)CCCC1N. The van der Waals surface area contributed by atoms with E-state index in [1.165, 1.54) is 0 Å². The smallest absolute Gasteiger partial charge is 0.290 e. The van der Waals surface area contributed by atoms with Crippen LogP contribution in [0, 0.1) is 0 Å². The molecule has 15 heavy (non-hydrogen) atoms. The summed E-state index contributed by atoms with van der Waals surface area (Å²) >= 11 is 0. The zero-order valence-corrected chi connectivity index (χ0v) is 8.56. The van der Waals surface area contributed by atoms with E-state index in [4.69, 9.17) is 16.0 Å². The van der Waals surface area contributed by atoms with Crippen LogP contribution in [0.15, 0.2) is 4.52 Å². The third-order valence-corrected chi connectivity index (χ3v) is 3.16. The van der Waals surface area contributed by atoms with Crippen LogP contribution in [0.4, 0.5) is 0 Å². The first-order chi connectivity index (χ1) is 7.04. The van der Waals surface area contributed by atoms with Crippen molar-refractivity contribution in [1.29, 1.82) is 0 Å². The zero-order chi connectivity index (χ0) is 11.1. The van der Waals surface area contributed by atoms with E-state index in [1.807, 2.05) is 6.92 Å². The van der Waals surface area contributed by atoms with E-state index >= 15 is 0 Å². The summed E-state index contributed by atoms with van der Waals surface area (Å²) in [6, 6.07) is -0.00123. The molecular weight excluding hydrogens is 196 g/mol. The van der Waals surface area contributed by atoms with Gasteiger partial charge in [0.15, 0.2) is 0 Å². The summed E-state index contributed by atoms with van der Waals surface area (Å²) in [4.78, 5) is 14.8. The molecule has 1 saturated carbocycles. The first-order valence-corrected chi connectivity index (χ1v) is 4.93. The molecule has 0 radical (unpaired) electrons. The Bertz CT molecular complexity index is 389. The number of hydrogen-bond acceptors (Lipinski definition) is 5. The van der Waals surface area contributed by atoms with Gasteiger partial charge in [0.25, 0.3) is 11.7 Å². The minimum absolute atomic E-state index is 0.00123. The summed E-state index contributed by atoms with van der Waals surface area (Å²) in [6.45, 7) is 1.98. The van der Waals surface area contributed by atoms with Crippen LogP contribution < -0.4 is 11.5 Å². The lowest BCUT2D eigenvalue weighted by molar-refractivity contribution is 0.0987. The van der Waals surface area contributed by atoms with Gasteiger partial charge in [-0.3, -0.25) is 4.79 Å². The molecule has 1 heterocycles. The quantitative estimate of drug-likeness (QED) is 0.710. The van der Waals surface area contributed by atoms with Crippen LogP contribution in [-0.4, -0.2) is 22.1 Å². The summed E-state index contributed by atoms with van der Waals surface area (Å²) in [7, 11) is 0. The van der Waals surface area contributed by atoms with E-state index in [9.17, 15) is 4.79 Å². The summed E-state index contributed by atoms with van der Waals surface area (Å²) < 4.78 is 5.04. The first kappa shape index (κ1) is 10.1. The predicted octanol–water partition coefficient (Wildman–Crippen LogP) is -0.0626. The average molecular weight is 210 g/mol. The van der Waals surface area contributed by atoms with Gasteiger partial charge in [-0.2, -0.15) is 4.98 Å². The first-order valence-electron chi connectivity index (χ1n) is 4.93. The van der Waals surface area contributed by atoms with Gasteiger partial charge in [-0.1, -0.05) is 11.6 Å². The molecule has 1 aromatic rings. The average Bonchev–Trinajstić information content (AvgIpc) is 2.75. The summed E-state index contributed by atoms with van der Waals surface area (Å²) in [6.07, 6.45) is 2.87. The Hall–Kier alpha value is -1.43. The minimum Gasteiger partial charge on any atom is -0.363 e. The maximum atomic E-state index is 10.8. The van der Waals surface area contributed by atoms with Gasteiger partial charge >= 0.3 is 0 Å². The normalized spacial score (nSPS) is 30.7.